The van der Waals surface area contributed by atoms with Gasteiger partial charge in [-0.2, -0.15) is 0 Å². The van der Waals surface area contributed by atoms with Crippen molar-refractivity contribution in [3.05, 3.63) is 0 Å². The first-order chi connectivity index (χ1) is 6.04. The summed E-state index contributed by atoms with van der Waals surface area (Å²) in [7, 11) is 1.70. The molecule has 0 aliphatic carbocycles. The Morgan fingerprint density at radius 2 is 2.38 bits per heavy atom. The Labute approximate surface area is 78.1 Å². The number of Topliss-reactive ketones (excluding diaryl/α,β-unsaturated/α-hetero) is 1. The third kappa shape index (κ3) is 1.33. The van der Waals surface area contributed by atoms with Gasteiger partial charge in [0.1, 0.15) is 11.2 Å². The highest BCUT2D eigenvalue weighted by molar-refractivity contribution is 6.06. The van der Waals surface area contributed by atoms with Crippen LogP contribution in [0.2, 0.25) is 0 Å². The van der Waals surface area contributed by atoms with Crippen molar-refractivity contribution in [1.82, 2.24) is 4.90 Å². The van der Waals surface area contributed by atoms with Gasteiger partial charge in [-0.3, -0.25) is 9.59 Å². The van der Waals surface area contributed by atoms with Gasteiger partial charge in [-0.25, -0.2) is 0 Å². The quantitative estimate of drug-likeness (QED) is 0.456. The van der Waals surface area contributed by atoms with Crippen molar-refractivity contribution in [1.29, 1.82) is 0 Å². The second kappa shape index (κ2) is 3.21. The second-order valence-corrected chi connectivity index (χ2v) is 3.50. The Hall–Kier alpha value is -1.30. The van der Waals surface area contributed by atoms with E-state index in [1.807, 2.05) is 0 Å². The third-order valence-corrected chi connectivity index (χ3v) is 2.71. The fourth-order valence-electron chi connectivity index (χ4n) is 1.72. The average Bonchev–Trinajstić information content (AvgIpc) is 2.34. The van der Waals surface area contributed by atoms with Crippen LogP contribution in [0.4, 0.5) is 0 Å². The summed E-state index contributed by atoms with van der Waals surface area (Å²) in [5.41, 5.74) is -0.913. The summed E-state index contributed by atoms with van der Waals surface area (Å²) < 4.78 is 0. The SMILES string of the molecule is C#CCC1(C(C)=O)CCN(C)C1=O. The zero-order chi connectivity index (χ0) is 10.1. The molecule has 1 fully saturated rings. The number of terminal acetylenes is 1. The Morgan fingerprint density at radius 3 is 2.69 bits per heavy atom. The van der Waals surface area contributed by atoms with Gasteiger partial charge in [0.2, 0.25) is 5.91 Å². The van der Waals surface area contributed by atoms with Crippen molar-refractivity contribution >= 4 is 11.7 Å². The highest BCUT2D eigenvalue weighted by Crippen LogP contribution is 2.35. The minimum Gasteiger partial charge on any atom is -0.345 e. The monoisotopic (exact) mass is 179 g/mol. The van der Waals surface area contributed by atoms with Crippen LogP contribution in [0, 0.1) is 17.8 Å². The molecule has 0 radical (unpaired) electrons. The van der Waals surface area contributed by atoms with E-state index in [2.05, 4.69) is 5.92 Å². The normalized spacial score (nSPS) is 27.5. The summed E-state index contributed by atoms with van der Waals surface area (Å²) in [5.74, 6) is 2.18. The summed E-state index contributed by atoms with van der Waals surface area (Å²) in [5, 5.41) is 0. The van der Waals surface area contributed by atoms with Gasteiger partial charge < -0.3 is 4.90 Å². The lowest BCUT2D eigenvalue weighted by Crippen LogP contribution is -2.37. The number of likely N-dealkylation sites (tertiary alicyclic amines) is 1. The first kappa shape index (κ1) is 9.79. The van der Waals surface area contributed by atoms with E-state index >= 15 is 0 Å². The van der Waals surface area contributed by atoms with Crippen LogP contribution in [0.5, 0.6) is 0 Å². The van der Waals surface area contributed by atoms with E-state index in [4.69, 9.17) is 6.42 Å². The van der Waals surface area contributed by atoms with Crippen molar-refractivity contribution in [2.24, 2.45) is 5.41 Å². The molecule has 0 bridgehead atoms. The molecular formula is C10H13NO2. The summed E-state index contributed by atoms with van der Waals surface area (Å²) >= 11 is 0. The summed E-state index contributed by atoms with van der Waals surface area (Å²) in [4.78, 5) is 24.6. The van der Waals surface area contributed by atoms with E-state index in [9.17, 15) is 9.59 Å². The number of amides is 1. The van der Waals surface area contributed by atoms with Gasteiger partial charge in [-0.15, -0.1) is 12.3 Å². The summed E-state index contributed by atoms with van der Waals surface area (Å²) in [6, 6.07) is 0. The van der Waals surface area contributed by atoms with Crippen LogP contribution in [-0.2, 0) is 9.59 Å². The molecule has 0 aromatic heterocycles. The van der Waals surface area contributed by atoms with Crippen molar-refractivity contribution in [2.45, 2.75) is 19.8 Å². The molecule has 0 saturated carbocycles. The van der Waals surface area contributed by atoms with E-state index in [1.54, 1.807) is 11.9 Å². The van der Waals surface area contributed by atoms with Gasteiger partial charge in [0.15, 0.2) is 0 Å². The molecule has 1 saturated heterocycles. The molecule has 13 heavy (non-hydrogen) atoms. The number of hydrogen-bond acceptors (Lipinski definition) is 2. The fourth-order valence-corrected chi connectivity index (χ4v) is 1.72. The molecule has 1 heterocycles. The maximum Gasteiger partial charge on any atom is 0.237 e. The average molecular weight is 179 g/mol. The zero-order valence-electron chi connectivity index (χ0n) is 7.96. The van der Waals surface area contributed by atoms with E-state index < -0.39 is 5.41 Å². The van der Waals surface area contributed by atoms with E-state index in [0.717, 1.165) is 0 Å². The first-order valence-electron chi connectivity index (χ1n) is 4.24. The van der Waals surface area contributed by atoms with E-state index in [-0.39, 0.29) is 18.1 Å². The highest BCUT2D eigenvalue weighted by atomic mass is 16.2. The molecule has 1 amide bonds. The number of carbonyl (C=O) groups excluding carboxylic acids is 2. The van der Waals surface area contributed by atoms with Crippen molar-refractivity contribution in [3.8, 4) is 12.3 Å². The molecule has 70 valence electrons. The molecular weight excluding hydrogens is 166 g/mol. The molecule has 1 atom stereocenters. The Bertz CT molecular complexity index is 290. The van der Waals surface area contributed by atoms with Crippen molar-refractivity contribution in [2.75, 3.05) is 13.6 Å². The van der Waals surface area contributed by atoms with Crippen LogP contribution < -0.4 is 0 Å². The molecule has 0 spiro atoms. The maximum atomic E-state index is 11.7. The maximum absolute atomic E-state index is 11.7. The fraction of sp³-hybridized carbons (Fsp3) is 0.600. The Kier molecular flexibility index (Phi) is 2.42. The largest absolute Gasteiger partial charge is 0.345 e. The molecule has 3 heteroatoms. The molecule has 3 nitrogen and oxygen atoms in total. The predicted octanol–water partition coefficient (Wildman–Crippen LogP) is 0.447. The number of ketones is 1. The third-order valence-electron chi connectivity index (χ3n) is 2.71. The lowest BCUT2D eigenvalue weighted by atomic mass is 9.79. The van der Waals surface area contributed by atoms with Gasteiger partial charge in [0, 0.05) is 20.0 Å². The van der Waals surface area contributed by atoms with Crippen LogP contribution in [0.1, 0.15) is 19.8 Å². The minimum atomic E-state index is -0.913. The topological polar surface area (TPSA) is 37.4 Å². The lowest BCUT2D eigenvalue weighted by Gasteiger charge is -2.21. The first-order valence-corrected chi connectivity index (χ1v) is 4.24. The highest BCUT2D eigenvalue weighted by Gasteiger charge is 2.48. The number of carbonyl (C=O) groups is 2. The smallest absolute Gasteiger partial charge is 0.237 e. The Balaban J connectivity index is 3.00. The van der Waals surface area contributed by atoms with Gasteiger partial charge in [0.05, 0.1) is 0 Å². The zero-order valence-corrected chi connectivity index (χ0v) is 7.96. The van der Waals surface area contributed by atoms with Crippen LogP contribution in [-0.4, -0.2) is 30.2 Å². The number of nitrogens with zero attached hydrogens (tertiary/aromatic N) is 1. The summed E-state index contributed by atoms with van der Waals surface area (Å²) in [6.07, 6.45) is 5.95. The minimum absolute atomic E-state index is 0.111. The van der Waals surface area contributed by atoms with Crippen molar-refractivity contribution < 1.29 is 9.59 Å². The van der Waals surface area contributed by atoms with E-state index in [1.165, 1.54) is 6.92 Å². The predicted molar refractivity (Wildman–Crippen MR) is 48.8 cm³/mol. The van der Waals surface area contributed by atoms with Gasteiger partial charge >= 0.3 is 0 Å². The summed E-state index contributed by atoms with van der Waals surface area (Å²) in [6.45, 7) is 2.06. The molecule has 1 unspecified atom stereocenters. The van der Waals surface area contributed by atoms with Gasteiger partial charge in [-0.1, -0.05) is 0 Å². The second-order valence-electron chi connectivity index (χ2n) is 3.50. The molecule has 0 aromatic rings. The van der Waals surface area contributed by atoms with Crippen LogP contribution in [0.3, 0.4) is 0 Å². The standard InChI is InChI=1S/C10H13NO2/c1-4-5-10(8(2)12)6-7-11(3)9(10)13/h1H,5-7H2,2-3H3. The van der Waals surface area contributed by atoms with Gasteiger partial charge in [0.25, 0.3) is 0 Å². The molecule has 1 rings (SSSR count). The lowest BCUT2D eigenvalue weighted by molar-refractivity contribution is -0.142. The van der Waals surface area contributed by atoms with Crippen LogP contribution in [0.25, 0.3) is 0 Å². The number of rotatable bonds is 2. The van der Waals surface area contributed by atoms with Crippen LogP contribution >= 0.6 is 0 Å². The van der Waals surface area contributed by atoms with Crippen molar-refractivity contribution in [3.63, 3.8) is 0 Å². The molecule has 1 aliphatic rings. The Morgan fingerprint density at radius 1 is 1.77 bits per heavy atom. The van der Waals surface area contributed by atoms with Crippen LogP contribution in [0.15, 0.2) is 0 Å². The molecule has 0 aromatic carbocycles. The number of hydrogen-bond donors (Lipinski definition) is 0. The molecule has 0 N–H and O–H groups in total. The van der Waals surface area contributed by atoms with E-state index in [0.29, 0.717) is 13.0 Å². The van der Waals surface area contributed by atoms with Gasteiger partial charge in [-0.05, 0) is 13.3 Å². The molecule has 1 aliphatic heterocycles.